The summed E-state index contributed by atoms with van der Waals surface area (Å²) in [4.78, 5) is 21.7. The van der Waals surface area contributed by atoms with Gasteiger partial charge in [0, 0.05) is 12.8 Å². The maximum atomic E-state index is 11.3. The zero-order chi connectivity index (χ0) is 15.8. The van der Waals surface area contributed by atoms with E-state index < -0.39 is 5.97 Å². The van der Waals surface area contributed by atoms with Crippen LogP contribution in [0, 0.1) is 0 Å². The lowest BCUT2D eigenvalue weighted by Crippen LogP contribution is -1.98. The Kier molecular flexibility index (Phi) is 14.1. The summed E-state index contributed by atoms with van der Waals surface area (Å²) < 4.78 is 4.97. The molecule has 4 heteroatoms. The van der Waals surface area contributed by atoms with Gasteiger partial charge >= 0.3 is 11.9 Å². The normalized spacial score (nSPS) is 10.9. The monoisotopic (exact) mass is 298 g/mol. The molecule has 0 aliphatic rings. The van der Waals surface area contributed by atoms with Gasteiger partial charge in [-0.05, 0) is 25.3 Å². The second-order valence-electron chi connectivity index (χ2n) is 5.37. The molecule has 0 aliphatic heterocycles. The van der Waals surface area contributed by atoms with Crippen molar-refractivity contribution in [2.45, 2.75) is 84.0 Å². The van der Waals surface area contributed by atoms with Crippen LogP contribution in [-0.4, -0.2) is 17.0 Å². The first-order chi connectivity index (χ1) is 10.2. The number of carbonyl (C=O) groups excluding carboxylic acids is 1. The van der Waals surface area contributed by atoms with Gasteiger partial charge in [0.2, 0.25) is 0 Å². The van der Waals surface area contributed by atoms with Crippen molar-refractivity contribution < 1.29 is 19.4 Å². The second-order valence-corrected chi connectivity index (χ2v) is 5.37. The molecule has 0 aromatic carbocycles. The number of carboxylic acid groups (broad SMARTS) is 1. The van der Waals surface area contributed by atoms with Crippen LogP contribution in [0.25, 0.3) is 0 Å². The molecular formula is C17H30O4. The van der Waals surface area contributed by atoms with Crippen molar-refractivity contribution >= 4 is 11.9 Å². The number of carbonyl (C=O) groups is 2. The molecule has 0 radical (unpaired) electrons. The van der Waals surface area contributed by atoms with Gasteiger partial charge in [-0.15, -0.1) is 0 Å². The Morgan fingerprint density at radius 1 is 0.905 bits per heavy atom. The molecule has 0 aromatic rings. The van der Waals surface area contributed by atoms with Crippen LogP contribution in [0.4, 0.5) is 0 Å². The van der Waals surface area contributed by atoms with Gasteiger partial charge < -0.3 is 9.84 Å². The first-order valence-electron chi connectivity index (χ1n) is 8.23. The van der Waals surface area contributed by atoms with Gasteiger partial charge in [0.1, 0.15) is 0 Å². The van der Waals surface area contributed by atoms with Gasteiger partial charge in [-0.2, -0.15) is 0 Å². The molecule has 1 N–H and O–H groups in total. The lowest BCUT2D eigenvalue weighted by Gasteiger charge is -2.02. The second kappa shape index (κ2) is 15.1. The Bertz CT molecular complexity index is 297. The van der Waals surface area contributed by atoms with E-state index in [0.717, 1.165) is 57.8 Å². The highest BCUT2D eigenvalue weighted by Gasteiger charge is 2.00. The van der Waals surface area contributed by atoms with E-state index in [4.69, 9.17) is 9.84 Å². The number of hydrogen-bond donors (Lipinski definition) is 1. The summed E-state index contributed by atoms with van der Waals surface area (Å²) in [5.74, 6) is -0.845. The average molecular weight is 298 g/mol. The van der Waals surface area contributed by atoms with E-state index in [1.807, 2.05) is 6.08 Å². The summed E-state index contributed by atoms with van der Waals surface area (Å²) in [6.45, 7) is 2.08. The Morgan fingerprint density at radius 2 is 1.43 bits per heavy atom. The molecule has 0 atom stereocenters. The Morgan fingerprint density at radius 3 is 1.95 bits per heavy atom. The molecule has 4 nitrogen and oxygen atoms in total. The van der Waals surface area contributed by atoms with Crippen LogP contribution in [0.1, 0.15) is 84.0 Å². The summed E-state index contributed by atoms with van der Waals surface area (Å²) in [5, 5.41) is 8.50. The summed E-state index contributed by atoms with van der Waals surface area (Å²) in [7, 11) is 0. The smallest absolute Gasteiger partial charge is 0.310 e. The predicted molar refractivity (Wildman–Crippen MR) is 83.9 cm³/mol. The molecule has 21 heavy (non-hydrogen) atoms. The molecule has 0 amide bonds. The highest BCUT2D eigenvalue weighted by molar-refractivity contribution is 5.69. The zero-order valence-corrected chi connectivity index (χ0v) is 13.3. The van der Waals surface area contributed by atoms with E-state index in [1.54, 1.807) is 0 Å². The van der Waals surface area contributed by atoms with E-state index in [0.29, 0.717) is 6.42 Å². The minimum Gasteiger partial charge on any atom is -0.481 e. The fraction of sp³-hybridized carbons (Fsp3) is 0.765. The topological polar surface area (TPSA) is 63.6 Å². The van der Waals surface area contributed by atoms with Crippen molar-refractivity contribution in [2.75, 3.05) is 0 Å². The third-order valence-corrected chi connectivity index (χ3v) is 3.27. The number of allylic oxidation sites excluding steroid dienone is 1. The Labute approximate surface area is 128 Å². The van der Waals surface area contributed by atoms with E-state index in [1.165, 1.54) is 12.7 Å². The van der Waals surface area contributed by atoms with Crippen molar-refractivity contribution in [1.82, 2.24) is 0 Å². The number of aliphatic carboxylic acids is 1. The van der Waals surface area contributed by atoms with Crippen LogP contribution < -0.4 is 0 Å². The average Bonchev–Trinajstić information content (AvgIpc) is 2.45. The van der Waals surface area contributed by atoms with Gasteiger partial charge in [-0.25, -0.2) is 0 Å². The van der Waals surface area contributed by atoms with E-state index in [2.05, 4.69) is 6.92 Å². The minimum atomic E-state index is -0.702. The van der Waals surface area contributed by atoms with Crippen LogP contribution in [-0.2, 0) is 14.3 Å². The number of carboxylic acids is 1. The van der Waals surface area contributed by atoms with Gasteiger partial charge in [0.05, 0.1) is 6.26 Å². The Hall–Kier alpha value is -1.32. The van der Waals surface area contributed by atoms with E-state index >= 15 is 0 Å². The summed E-state index contributed by atoms with van der Waals surface area (Å²) in [5.41, 5.74) is 0. The van der Waals surface area contributed by atoms with Crippen molar-refractivity contribution in [3.8, 4) is 0 Å². The van der Waals surface area contributed by atoms with Crippen LogP contribution in [0.5, 0.6) is 0 Å². The fourth-order valence-electron chi connectivity index (χ4n) is 2.02. The molecule has 0 bridgehead atoms. The molecule has 0 unspecified atom stereocenters. The molecule has 0 heterocycles. The first-order valence-corrected chi connectivity index (χ1v) is 8.23. The third kappa shape index (κ3) is 16.6. The lowest BCUT2D eigenvalue weighted by molar-refractivity contribution is -0.138. The molecule has 0 spiro atoms. The molecule has 0 fully saturated rings. The van der Waals surface area contributed by atoms with Crippen LogP contribution in [0.2, 0.25) is 0 Å². The predicted octanol–water partition coefficient (Wildman–Crippen LogP) is 4.83. The lowest BCUT2D eigenvalue weighted by atomic mass is 10.1. The standard InChI is InChI=1S/C17H30O4/c1-2-3-12-15-21-17(20)14-11-9-7-5-4-6-8-10-13-16(18)19/h12,15H,2-11,13-14H2,1H3,(H,18,19). The van der Waals surface area contributed by atoms with Gasteiger partial charge in [0.25, 0.3) is 0 Å². The van der Waals surface area contributed by atoms with Crippen molar-refractivity contribution in [3.05, 3.63) is 12.3 Å². The minimum absolute atomic E-state index is 0.143. The summed E-state index contributed by atoms with van der Waals surface area (Å²) >= 11 is 0. The zero-order valence-electron chi connectivity index (χ0n) is 13.3. The van der Waals surface area contributed by atoms with Crippen LogP contribution in [0.3, 0.4) is 0 Å². The summed E-state index contributed by atoms with van der Waals surface area (Å²) in [6, 6.07) is 0. The number of unbranched alkanes of at least 4 members (excludes halogenated alkanes) is 8. The highest BCUT2D eigenvalue weighted by Crippen LogP contribution is 2.11. The molecule has 0 saturated heterocycles. The molecule has 122 valence electrons. The van der Waals surface area contributed by atoms with Crippen LogP contribution in [0.15, 0.2) is 12.3 Å². The maximum absolute atomic E-state index is 11.3. The number of ether oxygens (including phenoxy) is 1. The SMILES string of the molecule is CCCC=COC(=O)CCCCCCCCCCC(=O)O. The number of esters is 1. The van der Waals surface area contributed by atoms with E-state index in [-0.39, 0.29) is 12.4 Å². The summed E-state index contributed by atoms with van der Waals surface area (Å²) in [6.07, 6.45) is 14.5. The molecule has 0 rings (SSSR count). The molecular weight excluding hydrogens is 268 g/mol. The van der Waals surface area contributed by atoms with Crippen LogP contribution >= 0.6 is 0 Å². The largest absolute Gasteiger partial charge is 0.481 e. The molecule has 0 aromatic heterocycles. The van der Waals surface area contributed by atoms with Gasteiger partial charge in [-0.1, -0.05) is 51.9 Å². The van der Waals surface area contributed by atoms with Gasteiger partial charge in [-0.3, -0.25) is 9.59 Å². The fourth-order valence-corrected chi connectivity index (χ4v) is 2.02. The molecule has 0 aliphatic carbocycles. The van der Waals surface area contributed by atoms with Gasteiger partial charge in [0.15, 0.2) is 0 Å². The van der Waals surface area contributed by atoms with Crippen molar-refractivity contribution in [2.24, 2.45) is 0 Å². The highest BCUT2D eigenvalue weighted by atomic mass is 16.5. The third-order valence-electron chi connectivity index (χ3n) is 3.27. The Balaban J connectivity index is 3.21. The maximum Gasteiger partial charge on any atom is 0.310 e. The number of rotatable bonds is 14. The van der Waals surface area contributed by atoms with Crippen molar-refractivity contribution in [1.29, 1.82) is 0 Å². The first kappa shape index (κ1) is 19.7. The number of hydrogen-bond acceptors (Lipinski definition) is 3. The molecule has 0 saturated carbocycles. The van der Waals surface area contributed by atoms with Crippen molar-refractivity contribution in [3.63, 3.8) is 0 Å². The van der Waals surface area contributed by atoms with E-state index in [9.17, 15) is 9.59 Å². The quantitative estimate of drug-likeness (QED) is 0.283.